The second kappa shape index (κ2) is 3.96. The molecule has 0 N–H and O–H groups in total. The van der Waals surface area contributed by atoms with Crippen LogP contribution in [0, 0.1) is 11.3 Å². The largest absolute Gasteiger partial charge is 0.459 e. The normalized spacial score (nSPS) is 38.6. The topological polar surface area (TPSA) is 35.5 Å². The maximum Gasteiger partial charge on any atom is 0.311 e. The molecule has 3 nitrogen and oxygen atoms in total. The van der Waals surface area contributed by atoms with Gasteiger partial charge in [-0.1, -0.05) is 0 Å². The molecule has 1 saturated carbocycles. The third kappa shape index (κ3) is 2.29. The van der Waals surface area contributed by atoms with Crippen LogP contribution in [0.15, 0.2) is 0 Å². The van der Waals surface area contributed by atoms with Gasteiger partial charge in [-0.15, -0.1) is 0 Å². The molecule has 0 spiro atoms. The van der Waals surface area contributed by atoms with E-state index in [-0.39, 0.29) is 23.3 Å². The van der Waals surface area contributed by atoms with Crippen LogP contribution >= 0.6 is 0 Å². The lowest BCUT2D eigenvalue weighted by atomic mass is 9.67. The summed E-state index contributed by atoms with van der Waals surface area (Å²) in [6.07, 6.45) is 3.01. The lowest BCUT2D eigenvalue weighted by Gasteiger charge is -2.57. The molecule has 3 atom stereocenters. The van der Waals surface area contributed by atoms with Crippen molar-refractivity contribution < 1.29 is 14.3 Å². The minimum absolute atomic E-state index is 0.0857. The highest BCUT2D eigenvalue weighted by atomic mass is 16.6. The van der Waals surface area contributed by atoms with Gasteiger partial charge in [0.15, 0.2) is 0 Å². The van der Waals surface area contributed by atoms with Gasteiger partial charge in [-0.05, 0) is 66.7 Å². The third-order valence-corrected chi connectivity index (χ3v) is 4.51. The van der Waals surface area contributed by atoms with Gasteiger partial charge in [0.05, 0.1) is 11.0 Å². The van der Waals surface area contributed by atoms with Crippen molar-refractivity contribution in [2.75, 3.05) is 0 Å². The Labute approximate surface area is 110 Å². The lowest BCUT2D eigenvalue weighted by molar-refractivity contribution is -0.279. The van der Waals surface area contributed by atoms with Crippen LogP contribution in [0.5, 0.6) is 0 Å². The Morgan fingerprint density at radius 2 is 1.89 bits per heavy atom. The van der Waals surface area contributed by atoms with E-state index in [4.69, 9.17) is 9.47 Å². The standard InChI is InChI=1S/C15H26O3/c1-13(2,3)12(16)17-11-9-10-7-8-15(11,6)18-14(10,4)5/h10-11H,7-9H2,1-6H3/t10-,11+,15+/m0/s1. The van der Waals surface area contributed by atoms with Crippen LogP contribution in [0.3, 0.4) is 0 Å². The summed E-state index contributed by atoms with van der Waals surface area (Å²) in [6, 6.07) is 0. The van der Waals surface area contributed by atoms with Gasteiger partial charge in [-0.2, -0.15) is 0 Å². The predicted molar refractivity (Wildman–Crippen MR) is 70.2 cm³/mol. The molecule has 0 aromatic rings. The molecule has 2 heterocycles. The predicted octanol–water partition coefficient (Wildman–Crippen LogP) is 3.31. The first-order valence-corrected chi connectivity index (χ1v) is 6.96. The van der Waals surface area contributed by atoms with Crippen LogP contribution in [-0.2, 0) is 14.3 Å². The van der Waals surface area contributed by atoms with Crippen molar-refractivity contribution in [2.45, 2.75) is 78.1 Å². The number of esters is 1. The van der Waals surface area contributed by atoms with Crippen molar-refractivity contribution in [2.24, 2.45) is 11.3 Å². The SMILES string of the molecule is CC(C)(C)C(=O)O[C@@H]1C[C@@H]2CC[C@@]1(C)OC2(C)C. The molecule has 0 aromatic heterocycles. The van der Waals surface area contributed by atoms with Gasteiger partial charge in [-0.3, -0.25) is 4.79 Å². The second-order valence-corrected chi connectivity index (χ2v) is 7.63. The van der Waals surface area contributed by atoms with E-state index in [0.29, 0.717) is 5.92 Å². The number of rotatable bonds is 1. The number of ether oxygens (including phenoxy) is 2. The first-order chi connectivity index (χ1) is 8.05. The zero-order chi connectivity index (χ0) is 13.8. The van der Waals surface area contributed by atoms with Gasteiger partial charge in [0.1, 0.15) is 11.7 Å². The molecule has 0 amide bonds. The van der Waals surface area contributed by atoms with Crippen LogP contribution in [0.25, 0.3) is 0 Å². The molecule has 2 aliphatic heterocycles. The fourth-order valence-corrected chi connectivity index (χ4v) is 3.16. The Kier molecular flexibility index (Phi) is 3.05. The molecule has 2 bridgehead atoms. The van der Waals surface area contributed by atoms with E-state index >= 15 is 0 Å². The van der Waals surface area contributed by atoms with E-state index in [0.717, 1.165) is 12.8 Å². The Morgan fingerprint density at radius 1 is 1.28 bits per heavy atom. The number of carbonyl (C=O) groups is 1. The summed E-state index contributed by atoms with van der Waals surface area (Å²) in [5, 5.41) is 0. The molecule has 3 aliphatic rings. The smallest absolute Gasteiger partial charge is 0.311 e. The molecule has 0 unspecified atom stereocenters. The molecule has 2 saturated heterocycles. The average molecular weight is 254 g/mol. The fraction of sp³-hybridized carbons (Fsp3) is 0.933. The number of hydrogen-bond acceptors (Lipinski definition) is 3. The molecule has 3 fully saturated rings. The van der Waals surface area contributed by atoms with E-state index in [9.17, 15) is 4.79 Å². The average Bonchev–Trinajstić information content (AvgIpc) is 2.16. The van der Waals surface area contributed by atoms with E-state index in [2.05, 4.69) is 20.8 Å². The fourth-order valence-electron chi connectivity index (χ4n) is 3.16. The van der Waals surface area contributed by atoms with Crippen molar-refractivity contribution in [3.8, 4) is 0 Å². The highest BCUT2D eigenvalue weighted by Gasteiger charge is 2.55. The third-order valence-electron chi connectivity index (χ3n) is 4.51. The van der Waals surface area contributed by atoms with E-state index in [1.54, 1.807) is 0 Å². The van der Waals surface area contributed by atoms with Crippen molar-refractivity contribution in [3.05, 3.63) is 0 Å². The van der Waals surface area contributed by atoms with E-state index in [1.165, 1.54) is 6.42 Å². The maximum atomic E-state index is 12.0. The molecule has 0 aromatic carbocycles. The van der Waals surface area contributed by atoms with Gasteiger partial charge in [0.2, 0.25) is 0 Å². The van der Waals surface area contributed by atoms with E-state index in [1.807, 2.05) is 20.8 Å². The summed E-state index contributed by atoms with van der Waals surface area (Å²) in [5.41, 5.74) is -0.834. The number of hydrogen-bond donors (Lipinski definition) is 0. The van der Waals surface area contributed by atoms with Gasteiger partial charge in [0.25, 0.3) is 0 Å². The van der Waals surface area contributed by atoms with Crippen LogP contribution in [0.1, 0.15) is 60.8 Å². The van der Waals surface area contributed by atoms with Crippen molar-refractivity contribution in [1.82, 2.24) is 0 Å². The van der Waals surface area contributed by atoms with E-state index < -0.39 is 5.41 Å². The zero-order valence-corrected chi connectivity index (χ0v) is 12.5. The first kappa shape index (κ1) is 13.9. The van der Waals surface area contributed by atoms with Crippen molar-refractivity contribution in [3.63, 3.8) is 0 Å². The Balaban J connectivity index is 2.11. The molecular weight excluding hydrogens is 228 g/mol. The van der Waals surface area contributed by atoms with Crippen LogP contribution in [0.4, 0.5) is 0 Å². The number of fused-ring (bicyclic) bond motifs is 3. The van der Waals surface area contributed by atoms with Gasteiger partial charge < -0.3 is 9.47 Å². The summed E-state index contributed by atoms with van der Waals surface area (Å²) >= 11 is 0. The summed E-state index contributed by atoms with van der Waals surface area (Å²) in [7, 11) is 0. The van der Waals surface area contributed by atoms with Crippen LogP contribution in [0.2, 0.25) is 0 Å². The summed E-state index contributed by atoms with van der Waals surface area (Å²) in [6.45, 7) is 12.1. The van der Waals surface area contributed by atoms with Gasteiger partial charge in [-0.25, -0.2) is 0 Å². The second-order valence-electron chi connectivity index (χ2n) is 7.63. The minimum atomic E-state index is -0.442. The summed E-state index contributed by atoms with van der Waals surface area (Å²) < 4.78 is 11.9. The van der Waals surface area contributed by atoms with Crippen LogP contribution < -0.4 is 0 Å². The Bertz CT molecular complexity index is 353. The minimum Gasteiger partial charge on any atom is -0.459 e. The maximum absolute atomic E-state index is 12.0. The van der Waals surface area contributed by atoms with Crippen molar-refractivity contribution >= 4 is 5.97 Å². The summed E-state index contributed by atoms with van der Waals surface area (Å²) in [4.78, 5) is 12.0. The van der Waals surface area contributed by atoms with Gasteiger partial charge >= 0.3 is 5.97 Å². The molecule has 1 aliphatic carbocycles. The Morgan fingerprint density at radius 3 is 2.33 bits per heavy atom. The van der Waals surface area contributed by atoms with Crippen LogP contribution in [-0.4, -0.2) is 23.3 Å². The first-order valence-electron chi connectivity index (χ1n) is 6.96. The molecule has 104 valence electrons. The summed E-state index contributed by atoms with van der Waals surface area (Å²) in [5.74, 6) is 0.375. The molecule has 18 heavy (non-hydrogen) atoms. The molecular formula is C15H26O3. The molecule has 3 rings (SSSR count). The number of carbonyl (C=O) groups excluding carboxylic acids is 1. The van der Waals surface area contributed by atoms with Crippen molar-refractivity contribution in [1.29, 1.82) is 0 Å². The quantitative estimate of drug-likeness (QED) is 0.673. The highest BCUT2D eigenvalue weighted by molar-refractivity contribution is 5.75. The Hall–Kier alpha value is -0.570. The molecule has 3 heteroatoms. The highest BCUT2D eigenvalue weighted by Crippen LogP contribution is 2.50. The zero-order valence-electron chi connectivity index (χ0n) is 12.5. The molecule has 0 radical (unpaired) electrons. The lowest BCUT2D eigenvalue weighted by Crippen LogP contribution is -2.62. The van der Waals surface area contributed by atoms with Gasteiger partial charge in [0, 0.05) is 0 Å². The monoisotopic (exact) mass is 254 g/mol.